The van der Waals surface area contributed by atoms with E-state index in [9.17, 15) is 9.18 Å². The van der Waals surface area contributed by atoms with Gasteiger partial charge in [-0.15, -0.1) is 0 Å². The summed E-state index contributed by atoms with van der Waals surface area (Å²) in [7, 11) is 1.41. The van der Waals surface area contributed by atoms with Gasteiger partial charge in [-0.05, 0) is 36.8 Å². The highest BCUT2D eigenvalue weighted by molar-refractivity contribution is 6.32. The average Bonchev–Trinajstić information content (AvgIpc) is 2.65. The lowest BCUT2D eigenvalue weighted by Crippen LogP contribution is -2.30. The first-order chi connectivity index (χ1) is 12.5. The molecular weight excluding hydrogens is 361 g/mol. The van der Waals surface area contributed by atoms with Crippen molar-refractivity contribution in [3.05, 3.63) is 52.3 Å². The van der Waals surface area contributed by atoms with Crippen molar-refractivity contribution in [3.63, 3.8) is 0 Å². The van der Waals surface area contributed by atoms with Gasteiger partial charge in [-0.2, -0.15) is 0 Å². The maximum Gasteiger partial charge on any atom is 0.254 e. The molecule has 1 aliphatic rings. The van der Waals surface area contributed by atoms with Crippen molar-refractivity contribution in [2.24, 2.45) is 0 Å². The number of halogens is 2. The van der Waals surface area contributed by atoms with Crippen LogP contribution < -0.4 is 14.2 Å². The average molecular weight is 380 g/mol. The molecule has 26 heavy (non-hydrogen) atoms. The third-order valence-electron chi connectivity index (χ3n) is 4.10. The molecule has 0 spiro atoms. The minimum Gasteiger partial charge on any atom is -0.494 e. The van der Waals surface area contributed by atoms with Crippen LogP contribution in [0.2, 0.25) is 5.02 Å². The fraction of sp³-hybridized carbons (Fsp3) is 0.316. The van der Waals surface area contributed by atoms with Crippen LogP contribution in [0.3, 0.4) is 0 Å². The zero-order valence-electron chi connectivity index (χ0n) is 14.6. The van der Waals surface area contributed by atoms with Crippen LogP contribution in [-0.4, -0.2) is 37.7 Å². The lowest BCUT2D eigenvalue weighted by atomic mass is 10.1. The molecule has 138 valence electrons. The highest BCUT2D eigenvalue weighted by Gasteiger charge is 2.22. The SMILES string of the molecule is CCN(Cc1ccc(OC)c(F)c1)C(=O)c1cc(Cl)c2c(c1)OCCO2. The fourth-order valence-electron chi connectivity index (χ4n) is 2.77. The Hall–Kier alpha value is -2.47. The van der Waals surface area contributed by atoms with Crippen molar-refractivity contribution >= 4 is 17.5 Å². The smallest absolute Gasteiger partial charge is 0.254 e. The van der Waals surface area contributed by atoms with E-state index in [-0.39, 0.29) is 18.2 Å². The van der Waals surface area contributed by atoms with Crippen LogP contribution in [-0.2, 0) is 6.54 Å². The molecule has 3 rings (SSSR count). The second-order valence-electron chi connectivity index (χ2n) is 5.77. The number of carbonyl (C=O) groups is 1. The Kier molecular flexibility index (Phi) is 5.52. The summed E-state index contributed by atoms with van der Waals surface area (Å²) in [5, 5.41) is 0.331. The van der Waals surface area contributed by atoms with Crippen LogP contribution >= 0.6 is 11.6 Å². The summed E-state index contributed by atoms with van der Waals surface area (Å²) in [5.41, 5.74) is 1.07. The zero-order valence-corrected chi connectivity index (χ0v) is 15.3. The van der Waals surface area contributed by atoms with Gasteiger partial charge in [-0.3, -0.25) is 4.79 Å². The topological polar surface area (TPSA) is 48.0 Å². The minimum absolute atomic E-state index is 0.168. The Labute approximate surface area is 156 Å². The number of rotatable bonds is 5. The van der Waals surface area contributed by atoms with E-state index in [0.717, 1.165) is 0 Å². The number of carbonyl (C=O) groups excluding carboxylic acids is 1. The number of nitrogens with zero attached hydrogens (tertiary/aromatic N) is 1. The van der Waals surface area contributed by atoms with Gasteiger partial charge in [0.15, 0.2) is 23.1 Å². The largest absolute Gasteiger partial charge is 0.494 e. The van der Waals surface area contributed by atoms with E-state index in [1.807, 2.05) is 6.92 Å². The summed E-state index contributed by atoms with van der Waals surface area (Å²) >= 11 is 6.21. The van der Waals surface area contributed by atoms with Crippen molar-refractivity contribution < 1.29 is 23.4 Å². The Bertz CT molecular complexity index is 827. The van der Waals surface area contributed by atoms with Gasteiger partial charge in [-0.1, -0.05) is 17.7 Å². The Morgan fingerprint density at radius 1 is 1.27 bits per heavy atom. The van der Waals surface area contributed by atoms with E-state index in [2.05, 4.69) is 0 Å². The molecule has 1 amide bonds. The molecule has 0 N–H and O–H groups in total. The molecule has 0 bridgehead atoms. The molecule has 2 aromatic rings. The van der Waals surface area contributed by atoms with Gasteiger partial charge in [0.2, 0.25) is 0 Å². The molecule has 0 fully saturated rings. The lowest BCUT2D eigenvalue weighted by Gasteiger charge is -2.24. The van der Waals surface area contributed by atoms with Gasteiger partial charge >= 0.3 is 0 Å². The number of hydrogen-bond acceptors (Lipinski definition) is 4. The van der Waals surface area contributed by atoms with Crippen LogP contribution in [0.15, 0.2) is 30.3 Å². The molecule has 0 aliphatic carbocycles. The van der Waals surface area contributed by atoms with E-state index < -0.39 is 5.82 Å². The fourth-order valence-corrected chi connectivity index (χ4v) is 3.04. The van der Waals surface area contributed by atoms with Gasteiger partial charge in [0, 0.05) is 18.7 Å². The number of ether oxygens (including phenoxy) is 3. The molecule has 2 aromatic carbocycles. The first-order valence-electron chi connectivity index (χ1n) is 8.24. The summed E-state index contributed by atoms with van der Waals surface area (Å²) in [5.74, 6) is 0.397. The molecule has 0 unspecified atom stereocenters. The molecule has 0 saturated heterocycles. The van der Waals surface area contributed by atoms with Crippen LogP contribution in [0.25, 0.3) is 0 Å². The normalized spacial score (nSPS) is 12.6. The van der Waals surface area contributed by atoms with Gasteiger partial charge in [-0.25, -0.2) is 4.39 Å². The second kappa shape index (κ2) is 7.83. The molecule has 7 heteroatoms. The van der Waals surface area contributed by atoms with Crippen LogP contribution in [0.5, 0.6) is 17.2 Å². The maximum absolute atomic E-state index is 13.9. The molecule has 0 radical (unpaired) electrons. The Morgan fingerprint density at radius 2 is 2.04 bits per heavy atom. The number of methoxy groups -OCH3 is 1. The van der Waals surface area contributed by atoms with E-state index in [1.165, 1.54) is 13.2 Å². The van der Waals surface area contributed by atoms with Gasteiger partial charge in [0.1, 0.15) is 13.2 Å². The van der Waals surface area contributed by atoms with Gasteiger partial charge in [0.25, 0.3) is 5.91 Å². The second-order valence-corrected chi connectivity index (χ2v) is 6.18. The van der Waals surface area contributed by atoms with Crippen LogP contribution in [0.4, 0.5) is 4.39 Å². The monoisotopic (exact) mass is 379 g/mol. The molecule has 1 aliphatic heterocycles. The number of hydrogen-bond donors (Lipinski definition) is 0. The summed E-state index contributed by atoms with van der Waals surface area (Å²) in [4.78, 5) is 14.5. The molecule has 5 nitrogen and oxygen atoms in total. The van der Waals surface area contributed by atoms with Gasteiger partial charge in [0.05, 0.1) is 12.1 Å². The van der Waals surface area contributed by atoms with Crippen LogP contribution in [0, 0.1) is 5.82 Å². The zero-order chi connectivity index (χ0) is 18.7. The highest BCUT2D eigenvalue weighted by atomic mass is 35.5. The maximum atomic E-state index is 13.9. The minimum atomic E-state index is -0.462. The molecular formula is C19H19ClFNO4. The summed E-state index contributed by atoms with van der Waals surface area (Å²) in [6.07, 6.45) is 0. The predicted octanol–water partition coefficient (Wildman–Crippen LogP) is 3.92. The third-order valence-corrected chi connectivity index (χ3v) is 4.38. The molecule has 0 saturated carbocycles. The molecule has 1 heterocycles. The number of amides is 1. The van der Waals surface area contributed by atoms with Crippen molar-refractivity contribution in [2.75, 3.05) is 26.9 Å². The van der Waals surface area contributed by atoms with Crippen molar-refractivity contribution in [3.8, 4) is 17.2 Å². The van der Waals surface area contributed by atoms with Gasteiger partial charge < -0.3 is 19.1 Å². The third kappa shape index (κ3) is 3.70. The Morgan fingerprint density at radius 3 is 2.73 bits per heavy atom. The Balaban J connectivity index is 1.83. The predicted molar refractivity (Wildman–Crippen MR) is 95.8 cm³/mol. The van der Waals surface area contributed by atoms with E-state index in [4.69, 9.17) is 25.8 Å². The van der Waals surface area contributed by atoms with E-state index in [1.54, 1.807) is 29.2 Å². The summed E-state index contributed by atoms with van der Waals surface area (Å²) < 4.78 is 29.8. The summed E-state index contributed by atoms with van der Waals surface area (Å²) in [6, 6.07) is 7.83. The number of fused-ring (bicyclic) bond motifs is 1. The van der Waals surface area contributed by atoms with Crippen molar-refractivity contribution in [2.45, 2.75) is 13.5 Å². The number of benzene rings is 2. The van der Waals surface area contributed by atoms with E-state index in [0.29, 0.717) is 47.4 Å². The lowest BCUT2D eigenvalue weighted by molar-refractivity contribution is 0.0751. The first-order valence-corrected chi connectivity index (χ1v) is 8.62. The molecule has 0 aromatic heterocycles. The van der Waals surface area contributed by atoms with Crippen molar-refractivity contribution in [1.82, 2.24) is 4.90 Å². The standard InChI is InChI=1S/C19H19ClFNO4/c1-3-22(11-12-4-5-16(24-2)15(21)8-12)19(23)13-9-14(20)18-17(10-13)25-6-7-26-18/h4-5,8-10H,3,6-7,11H2,1-2H3. The highest BCUT2D eigenvalue weighted by Crippen LogP contribution is 2.38. The van der Waals surface area contributed by atoms with E-state index >= 15 is 0 Å². The quantitative estimate of drug-likeness (QED) is 0.790. The van der Waals surface area contributed by atoms with Crippen molar-refractivity contribution in [1.29, 1.82) is 0 Å². The summed E-state index contributed by atoms with van der Waals surface area (Å²) in [6.45, 7) is 3.41. The molecule has 0 atom stereocenters. The first kappa shape index (κ1) is 18.3. The van der Waals surface area contributed by atoms with Crippen LogP contribution in [0.1, 0.15) is 22.8 Å².